The summed E-state index contributed by atoms with van der Waals surface area (Å²) in [5.74, 6) is 1.29. The first-order valence-electron chi connectivity index (χ1n) is 5.69. The highest BCUT2D eigenvalue weighted by Crippen LogP contribution is 2.25. The molecule has 1 fully saturated rings. The number of nitrogens with zero attached hydrogens (tertiary/aromatic N) is 4. The molecule has 1 aliphatic rings. The number of hydrogen-bond acceptors (Lipinski definition) is 5. The topological polar surface area (TPSA) is 87.6 Å². The van der Waals surface area contributed by atoms with Crippen molar-refractivity contribution in [1.29, 1.82) is 0 Å². The summed E-state index contributed by atoms with van der Waals surface area (Å²) in [6.45, 7) is 5.31. The summed E-state index contributed by atoms with van der Waals surface area (Å²) >= 11 is 0. The Labute approximate surface area is 100 Å². The highest BCUT2D eigenvalue weighted by atomic mass is 16.4. The molecule has 2 unspecified atom stereocenters. The minimum Gasteiger partial charge on any atom is -0.409 e. The van der Waals surface area contributed by atoms with Gasteiger partial charge >= 0.3 is 0 Å². The van der Waals surface area contributed by atoms with Gasteiger partial charge in [0.1, 0.15) is 5.69 Å². The van der Waals surface area contributed by atoms with Crippen molar-refractivity contribution in [2.24, 2.45) is 16.8 Å². The van der Waals surface area contributed by atoms with Crippen LogP contribution in [0.4, 0.5) is 5.95 Å². The van der Waals surface area contributed by atoms with E-state index in [9.17, 15) is 0 Å². The maximum absolute atomic E-state index is 8.63. The molecule has 0 aliphatic carbocycles. The number of hydrogen-bond donors (Lipinski definition) is 2. The van der Waals surface area contributed by atoms with Crippen molar-refractivity contribution in [2.45, 2.75) is 26.3 Å². The van der Waals surface area contributed by atoms with Gasteiger partial charge in [-0.15, -0.1) is 0 Å². The van der Waals surface area contributed by atoms with Gasteiger partial charge in [0.25, 0.3) is 0 Å². The molecule has 2 rings (SSSR count). The minimum atomic E-state index is 0.00792. The van der Waals surface area contributed by atoms with E-state index in [0.29, 0.717) is 23.6 Å². The van der Waals surface area contributed by atoms with Crippen molar-refractivity contribution >= 4 is 11.8 Å². The molecule has 2 atom stereocenters. The van der Waals surface area contributed by atoms with E-state index >= 15 is 0 Å². The maximum Gasteiger partial charge on any atom is 0.226 e. The number of anilines is 1. The van der Waals surface area contributed by atoms with Crippen molar-refractivity contribution in [3.05, 3.63) is 18.0 Å². The van der Waals surface area contributed by atoms with E-state index in [2.05, 4.69) is 33.9 Å². The van der Waals surface area contributed by atoms with E-state index in [1.807, 2.05) is 0 Å². The molecule has 0 amide bonds. The summed E-state index contributed by atoms with van der Waals surface area (Å²) in [5.41, 5.74) is 5.96. The SMILES string of the molecule is CC1CC(C)N(c2nccc(/C(N)=N/O)n2)C1. The fourth-order valence-corrected chi connectivity index (χ4v) is 2.26. The molecule has 6 heteroatoms. The van der Waals surface area contributed by atoms with Gasteiger partial charge < -0.3 is 15.8 Å². The average Bonchev–Trinajstić information content (AvgIpc) is 2.67. The molecule has 0 saturated carbocycles. The fourth-order valence-electron chi connectivity index (χ4n) is 2.26. The summed E-state index contributed by atoms with van der Waals surface area (Å²) in [5, 5.41) is 11.6. The van der Waals surface area contributed by atoms with Gasteiger partial charge in [-0.25, -0.2) is 9.97 Å². The normalized spacial score (nSPS) is 25.3. The maximum atomic E-state index is 8.63. The zero-order valence-electron chi connectivity index (χ0n) is 10.0. The number of amidine groups is 1. The van der Waals surface area contributed by atoms with E-state index in [4.69, 9.17) is 10.9 Å². The molecule has 0 bridgehead atoms. The van der Waals surface area contributed by atoms with Crippen molar-refractivity contribution in [3.63, 3.8) is 0 Å². The van der Waals surface area contributed by atoms with Gasteiger partial charge in [-0.2, -0.15) is 0 Å². The van der Waals surface area contributed by atoms with Crippen LogP contribution < -0.4 is 10.6 Å². The monoisotopic (exact) mass is 235 g/mol. The Kier molecular flexibility index (Phi) is 3.12. The Morgan fingerprint density at radius 2 is 2.35 bits per heavy atom. The summed E-state index contributed by atoms with van der Waals surface area (Å²) in [4.78, 5) is 10.7. The van der Waals surface area contributed by atoms with E-state index in [0.717, 1.165) is 13.0 Å². The van der Waals surface area contributed by atoms with Crippen LogP contribution in [0.3, 0.4) is 0 Å². The van der Waals surface area contributed by atoms with Crippen molar-refractivity contribution < 1.29 is 5.21 Å². The van der Waals surface area contributed by atoms with E-state index < -0.39 is 0 Å². The quantitative estimate of drug-likeness (QED) is 0.343. The second kappa shape index (κ2) is 4.57. The Hall–Kier alpha value is -1.85. The number of nitrogens with two attached hydrogens (primary N) is 1. The third-order valence-corrected chi connectivity index (χ3v) is 3.05. The third-order valence-electron chi connectivity index (χ3n) is 3.05. The first kappa shape index (κ1) is 11.6. The zero-order valence-corrected chi connectivity index (χ0v) is 10.0. The van der Waals surface area contributed by atoms with Crippen LogP contribution in [0.15, 0.2) is 17.4 Å². The first-order chi connectivity index (χ1) is 8.11. The lowest BCUT2D eigenvalue weighted by Crippen LogP contribution is -2.29. The van der Waals surface area contributed by atoms with Gasteiger partial charge in [0.2, 0.25) is 5.95 Å². The largest absolute Gasteiger partial charge is 0.409 e. The van der Waals surface area contributed by atoms with Crippen molar-refractivity contribution in [2.75, 3.05) is 11.4 Å². The Morgan fingerprint density at radius 3 is 2.94 bits per heavy atom. The average molecular weight is 235 g/mol. The van der Waals surface area contributed by atoms with Crippen LogP contribution in [0.2, 0.25) is 0 Å². The van der Waals surface area contributed by atoms with Crippen LogP contribution in [0.25, 0.3) is 0 Å². The fraction of sp³-hybridized carbons (Fsp3) is 0.545. The van der Waals surface area contributed by atoms with Crippen LogP contribution in [0.1, 0.15) is 26.0 Å². The Balaban J connectivity index is 2.27. The van der Waals surface area contributed by atoms with Crippen LogP contribution in [0.5, 0.6) is 0 Å². The Morgan fingerprint density at radius 1 is 1.59 bits per heavy atom. The van der Waals surface area contributed by atoms with Crippen LogP contribution >= 0.6 is 0 Å². The smallest absolute Gasteiger partial charge is 0.226 e. The zero-order chi connectivity index (χ0) is 12.4. The van der Waals surface area contributed by atoms with E-state index in [1.165, 1.54) is 0 Å². The van der Waals surface area contributed by atoms with Gasteiger partial charge in [0.05, 0.1) is 0 Å². The number of rotatable bonds is 2. The van der Waals surface area contributed by atoms with Gasteiger partial charge in [-0.1, -0.05) is 12.1 Å². The van der Waals surface area contributed by atoms with Crippen molar-refractivity contribution in [1.82, 2.24) is 9.97 Å². The molecule has 0 aromatic carbocycles. The molecule has 1 saturated heterocycles. The molecule has 2 heterocycles. The van der Waals surface area contributed by atoms with Gasteiger partial charge in [-0.3, -0.25) is 0 Å². The number of oxime groups is 1. The van der Waals surface area contributed by atoms with Gasteiger partial charge in [-0.05, 0) is 25.3 Å². The predicted molar refractivity (Wildman–Crippen MR) is 65.1 cm³/mol. The van der Waals surface area contributed by atoms with Crippen molar-refractivity contribution in [3.8, 4) is 0 Å². The highest BCUT2D eigenvalue weighted by Gasteiger charge is 2.28. The van der Waals surface area contributed by atoms with Crippen LogP contribution in [-0.4, -0.2) is 33.6 Å². The molecule has 0 radical (unpaired) electrons. The molecular weight excluding hydrogens is 218 g/mol. The third kappa shape index (κ3) is 2.30. The molecule has 1 aromatic heterocycles. The van der Waals surface area contributed by atoms with Crippen LogP contribution in [-0.2, 0) is 0 Å². The highest BCUT2D eigenvalue weighted by molar-refractivity contribution is 5.95. The predicted octanol–water partition coefficient (Wildman–Crippen LogP) is 0.806. The minimum absolute atomic E-state index is 0.00792. The van der Waals surface area contributed by atoms with Gasteiger partial charge in [0.15, 0.2) is 5.84 Å². The van der Waals surface area contributed by atoms with E-state index in [-0.39, 0.29) is 5.84 Å². The second-order valence-electron chi connectivity index (χ2n) is 4.57. The molecule has 3 N–H and O–H groups in total. The lowest BCUT2D eigenvalue weighted by atomic mass is 10.1. The van der Waals surface area contributed by atoms with Gasteiger partial charge in [0, 0.05) is 18.8 Å². The molecule has 1 aromatic rings. The standard InChI is InChI=1S/C11H17N5O/c1-7-5-8(2)16(6-7)11-13-4-3-9(14-11)10(12)15-17/h3-4,7-8,17H,5-6H2,1-2H3,(H2,12,15). The molecule has 1 aliphatic heterocycles. The summed E-state index contributed by atoms with van der Waals surface area (Å²) in [7, 11) is 0. The lowest BCUT2D eigenvalue weighted by molar-refractivity contribution is 0.318. The molecule has 92 valence electrons. The van der Waals surface area contributed by atoms with Crippen LogP contribution in [0, 0.1) is 5.92 Å². The molecule has 0 spiro atoms. The molecule has 17 heavy (non-hydrogen) atoms. The number of aromatic nitrogens is 2. The first-order valence-corrected chi connectivity index (χ1v) is 5.69. The summed E-state index contributed by atoms with van der Waals surface area (Å²) in [6, 6.07) is 2.05. The molecule has 6 nitrogen and oxygen atoms in total. The lowest BCUT2D eigenvalue weighted by Gasteiger charge is -2.21. The molecular formula is C11H17N5O. The summed E-state index contributed by atoms with van der Waals surface area (Å²) in [6.07, 6.45) is 2.77. The Bertz CT molecular complexity index is 434. The van der Waals surface area contributed by atoms with E-state index in [1.54, 1.807) is 12.3 Å². The summed E-state index contributed by atoms with van der Waals surface area (Å²) < 4.78 is 0. The second-order valence-corrected chi connectivity index (χ2v) is 4.57.